The third-order valence-corrected chi connectivity index (χ3v) is 31.6. The molecule has 2 nitrogen and oxygen atoms in total. The van der Waals surface area contributed by atoms with Crippen LogP contribution < -0.4 is 8.96 Å². The Morgan fingerprint density at radius 1 is 0.142 bits per heavy atom. The van der Waals surface area contributed by atoms with Gasteiger partial charge in [0.2, 0.25) is 0 Å². The van der Waals surface area contributed by atoms with Gasteiger partial charge < -0.3 is 0 Å². The van der Waals surface area contributed by atoms with E-state index in [0.717, 1.165) is 71.2 Å². The summed E-state index contributed by atoms with van der Waals surface area (Å²) in [6.07, 6.45) is 0. The van der Waals surface area contributed by atoms with Gasteiger partial charge in [-0.05, 0) is 0 Å². The Morgan fingerprint density at radius 2 is 0.241 bits per heavy atom. The second kappa shape index (κ2) is 43.9. The van der Waals surface area contributed by atoms with Crippen molar-refractivity contribution in [1.82, 2.24) is 4.50 Å². The minimum atomic E-state index is -0.717. The Morgan fingerprint density at radius 3 is 0.355 bits per heavy atom. The minimum absolute atomic E-state index is 0.255. The van der Waals surface area contributed by atoms with E-state index in [1.807, 2.05) is 0 Å². The fraction of sp³-hybridized carbons (Fsp3) is 0.348. The zero-order chi connectivity index (χ0) is 101. The first-order valence-corrected chi connectivity index (χ1v) is 55.0. The Kier molecular flexibility index (Phi) is 32.4. The van der Waals surface area contributed by atoms with Crippen LogP contribution in [0.5, 0.6) is 0 Å². The average molecular weight is 1930 g/mol. The molecule has 141 heavy (non-hydrogen) atoms. The van der Waals surface area contributed by atoms with Crippen LogP contribution in [0, 0.1) is 0 Å². The zero-order valence-corrected chi connectivity index (χ0v) is 92.8. The van der Waals surface area contributed by atoms with Crippen molar-refractivity contribution in [2.24, 2.45) is 0 Å². The average Bonchev–Trinajstić information content (AvgIpc) is 0.752. The molecule has 0 saturated heterocycles. The van der Waals surface area contributed by atoms with Crippen molar-refractivity contribution >= 4 is 19.6 Å². The van der Waals surface area contributed by atoms with E-state index in [0.29, 0.717) is 0 Å². The number of hydrogen-bond donors (Lipinski definition) is 2. The summed E-state index contributed by atoms with van der Waals surface area (Å²) in [5.41, 5.74) is 55.3. The van der Waals surface area contributed by atoms with E-state index in [4.69, 9.17) is 0 Å². The molecule has 15 aromatic rings. The molecule has 0 aliphatic carbocycles. The van der Waals surface area contributed by atoms with Gasteiger partial charge in [-0.3, -0.25) is 0 Å². The molecule has 15 rings (SSSR count). The summed E-state index contributed by atoms with van der Waals surface area (Å²) in [5.74, 6) is 4.09. The Labute approximate surface area is 857 Å². The van der Waals surface area contributed by atoms with E-state index in [1.54, 1.807) is 0 Å². The van der Waals surface area contributed by atoms with Gasteiger partial charge in [0.15, 0.2) is 0 Å². The standard InChI is InChI=1S/C138H159NOSe/c1-78(2)112-42-33-43-113(79(3)4)130(112)104-66-98(67-105(74-104)131-114(80(5)6)44-34-45-115(131)81(7)8)94-60-95(99-68-106(132-116(82(9)10)46-35-47-117(132)83(11)12)75-107(69-99)133-118(84(13)14)48-36-49-119(133)85(15)16)63-102(62-94)128-58-41-59-129(138(128)141-139-140)103-64-96(100-70-108(134-120(86(17)18)50-37-51-121(134)87(19)20)76-109(71-100)135-122(88(21)22)52-38-53-123(135)89(23)24)61-97(65-103)101-72-110(136-124(90(25)26)54-39-55-125(136)91(27)28)77-111(73-101)137-126(92(29)30)56-40-57-127(137)93(31)32/h33-93,139-140H,1-32H3. The predicted molar refractivity (Wildman–Crippen MR) is 618 cm³/mol. The molecule has 728 valence electrons. The summed E-state index contributed by atoms with van der Waals surface area (Å²) in [5, 5.41) is 12.3. The van der Waals surface area contributed by atoms with E-state index in [9.17, 15) is 5.21 Å². The molecule has 15 aromatic carbocycles. The van der Waals surface area contributed by atoms with Crippen LogP contribution >= 0.6 is 0 Å². The topological polar surface area (TPSA) is 32.3 Å². The molecular weight excluding hydrogens is 1770 g/mol. The maximum atomic E-state index is 12.3. The number of nitrogens with one attached hydrogen (secondary N) is 1. The van der Waals surface area contributed by atoms with Crippen LogP contribution in [0.3, 0.4) is 0 Å². The number of benzene rings is 15. The van der Waals surface area contributed by atoms with Crippen LogP contribution in [0.2, 0.25) is 0 Å². The summed E-state index contributed by atoms with van der Waals surface area (Å²) >= 11 is -0.717. The van der Waals surface area contributed by atoms with Crippen LogP contribution in [-0.4, -0.2) is 20.4 Å². The molecule has 0 radical (unpaired) electrons. The molecule has 3 heteroatoms. The summed E-state index contributed by atoms with van der Waals surface area (Å²) in [4.78, 5) is 0. The second-order valence-electron chi connectivity index (χ2n) is 45.6. The Bertz CT molecular complexity index is 5730. The van der Waals surface area contributed by atoms with Gasteiger partial charge in [0, 0.05) is 0 Å². The normalized spacial score (nSPS) is 12.2. The molecular formula is C138H159NOSe. The van der Waals surface area contributed by atoms with Crippen molar-refractivity contribution in [2.75, 3.05) is 0 Å². The molecule has 2 N–H and O–H groups in total. The van der Waals surface area contributed by atoms with Gasteiger partial charge in [0.1, 0.15) is 0 Å². The first-order chi connectivity index (χ1) is 67.1. The monoisotopic (exact) mass is 1930 g/mol. The Balaban J connectivity index is 1.13. The summed E-state index contributed by atoms with van der Waals surface area (Å²) in [6, 6.07) is 109. The third kappa shape index (κ3) is 21.6. The van der Waals surface area contributed by atoms with Crippen LogP contribution in [0.1, 0.15) is 405 Å². The molecule has 0 aliphatic rings. The van der Waals surface area contributed by atoms with Crippen LogP contribution in [0.25, 0.3) is 156 Å². The van der Waals surface area contributed by atoms with Crippen molar-refractivity contribution in [1.29, 1.82) is 0 Å². The van der Waals surface area contributed by atoms with Crippen molar-refractivity contribution in [3.8, 4) is 156 Å². The summed E-state index contributed by atoms with van der Waals surface area (Å²) in [6.45, 7) is 75.8. The van der Waals surface area contributed by atoms with Gasteiger partial charge in [-0.25, -0.2) is 0 Å². The molecule has 0 fully saturated rings. The molecule has 0 spiro atoms. The molecule has 0 saturated carbocycles. The summed E-state index contributed by atoms with van der Waals surface area (Å²) < 4.78 is 4.03. The molecule has 0 bridgehead atoms. The van der Waals surface area contributed by atoms with Gasteiger partial charge >= 0.3 is 863 Å². The van der Waals surface area contributed by atoms with E-state index in [2.05, 4.69) is 499 Å². The zero-order valence-electron chi connectivity index (χ0n) is 91.1. The van der Waals surface area contributed by atoms with E-state index < -0.39 is 15.2 Å². The van der Waals surface area contributed by atoms with Crippen molar-refractivity contribution in [3.63, 3.8) is 0 Å². The van der Waals surface area contributed by atoms with Gasteiger partial charge in [-0.2, -0.15) is 0 Å². The van der Waals surface area contributed by atoms with E-state index in [-0.39, 0.29) is 94.7 Å². The van der Waals surface area contributed by atoms with Crippen LogP contribution in [-0.2, 0) is 0 Å². The Hall–Kier alpha value is -11.3. The first-order valence-electron chi connectivity index (χ1n) is 53.3. The second-order valence-corrected chi connectivity index (χ2v) is 47.3. The van der Waals surface area contributed by atoms with Crippen molar-refractivity contribution in [2.45, 2.75) is 316 Å². The maximum absolute atomic E-state index is 12.3. The molecule has 0 amide bonds. The molecule has 0 aliphatic heterocycles. The van der Waals surface area contributed by atoms with Crippen LogP contribution in [0.15, 0.2) is 273 Å². The molecule has 0 atom stereocenters. The number of hydrogen-bond acceptors (Lipinski definition) is 2. The fourth-order valence-corrected chi connectivity index (χ4v) is 24.2. The van der Waals surface area contributed by atoms with Gasteiger partial charge in [-0.1, -0.05) is 0 Å². The first kappa shape index (κ1) is 104. The molecule has 0 heterocycles. The summed E-state index contributed by atoms with van der Waals surface area (Å²) in [7, 11) is 0. The fourth-order valence-electron chi connectivity index (χ4n) is 22.8. The SMILES string of the molecule is CC(C)c1cccc(C(C)C)c1-c1cc(-c2cc(-c3cc(-c4c(C(C)C)cccc4C(C)C)cc(-c4c(C(C)C)cccc4C(C)C)c3)cc(-c3cccc(-c4cc(-c5cc(-c6c(C(C)C)cccc6C(C)C)cc(-c6c(C(C)C)cccc6C(C)C)c5)cc(-c5cc(-c6c(C(C)C)cccc6C(C)C)cc(-c6c(C(C)C)cccc6C(C)C)c5)c4)c3[Se]NO)c2)cc(-c2c(C(C)C)cccc2C(C)C)c1. The quantitative estimate of drug-likeness (QED) is 0.0325. The van der Waals surface area contributed by atoms with Gasteiger partial charge in [0.25, 0.3) is 0 Å². The third-order valence-electron chi connectivity index (χ3n) is 30.0. The van der Waals surface area contributed by atoms with E-state index in [1.165, 1.54) is 178 Å². The number of rotatable bonds is 32. The van der Waals surface area contributed by atoms with Crippen molar-refractivity contribution < 1.29 is 5.21 Å². The van der Waals surface area contributed by atoms with Gasteiger partial charge in [0.05, 0.1) is 0 Å². The van der Waals surface area contributed by atoms with E-state index >= 15 is 0 Å². The molecule has 0 aromatic heterocycles. The predicted octanol–water partition coefficient (Wildman–Crippen LogP) is 41.2. The van der Waals surface area contributed by atoms with Gasteiger partial charge in [-0.15, -0.1) is 0 Å². The van der Waals surface area contributed by atoms with Crippen molar-refractivity contribution in [3.05, 3.63) is 362 Å². The molecule has 0 unspecified atom stereocenters. The van der Waals surface area contributed by atoms with Crippen LogP contribution in [0.4, 0.5) is 0 Å².